The zero-order valence-corrected chi connectivity index (χ0v) is 13.5. The van der Waals surface area contributed by atoms with Gasteiger partial charge in [0.05, 0.1) is 5.69 Å². The molecule has 0 aliphatic heterocycles. The highest BCUT2D eigenvalue weighted by atomic mass is 79.9. The molecular weight excluding hydrogens is 366 g/mol. The van der Waals surface area contributed by atoms with Gasteiger partial charge in [-0.25, -0.2) is 18.5 Å². The zero-order chi connectivity index (χ0) is 14.9. The number of sulfonamides is 1. The van der Waals surface area contributed by atoms with E-state index >= 15 is 0 Å². The molecule has 1 aromatic carbocycles. The van der Waals surface area contributed by atoms with E-state index in [4.69, 9.17) is 5.14 Å². The van der Waals surface area contributed by atoms with Gasteiger partial charge in [0.1, 0.15) is 0 Å². The van der Waals surface area contributed by atoms with Gasteiger partial charge >= 0.3 is 0 Å². The van der Waals surface area contributed by atoms with Crippen LogP contribution in [0, 0.1) is 6.92 Å². The third-order valence-electron chi connectivity index (χ3n) is 2.34. The fourth-order valence-electron chi connectivity index (χ4n) is 1.47. The second-order valence-electron chi connectivity index (χ2n) is 3.90. The number of nitrogens with one attached hydrogen (secondary N) is 1. The third-order valence-corrected chi connectivity index (χ3v) is 5.49. The van der Waals surface area contributed by atoms with Crippen molar-refractivity contribution >= 4 is 48.3 Å². The summed E-state index contributed by atoms with van der Waals surface area (Å²) in [6.07, 6.45) is 0. The van der Waals surface area contributed by atoms with Crippen molar-refractivity contribution in [2.24, 2.45) is 5.14 Å². The molecule has 106 valence electrons. The van der Waals surface area contributed by atoms with Gasteiger partial charge in [-0.15, -0.1) is 0 Å². The van der Waals surface area contributed by atoms with Gasteiger partial charge in [0.15, 0.2) is 9.34 Å². The molecule has 0 aliphatic rings. The number of benzene rings is 1. The standard InChI is InChI=1S/C11H10BrN3O3S2/c1-6-10(20(13,17)18)19-11(14-6)15-9(16)7-2-4-8(12)5-3-7/h2-5H,1H3,(H2,13,17,18)(H,14,15,16). The SMILES string of the molecule is Cc1nc(NC(=O)c2ccc(Br)cc2)sc1S(N)(=O)=O. The summed E-state index contributed by atoms with van der Waals surface area (Å²) in [5, 5.41) is 7.79. The first-order chi connectivity index (χ1) is 9.27. The van der Waals surface area contributed by atoms with Crippen LogP contribution in [-0.2, 0) is 10.0 Å². The Morgan fingerprint density at radius 2 is 1.95 bits per heavy atom. The minimum absolute atomic E-state index is 0.0522. The lowest BCUT2D eigenvalue weighted by atomic mass is 10.2. The van der Waals surface area contributed by atoms with E-state index in [2.05, 4.69) is 26.2 Å². The van der Waals surface area contributed by atoms with E-state index in [9.17, 15) is 13.2 Å². The molecule has 2 rings (SSSR count). The first-order valence-corrected chi connectivity index (χ1v) is 8.50. The number of nitrogens with zero attached hydrogens (tertiary/aromatic N) is 1. The minimum Gasteiger partial charge on any atom is -0.298 e. The Morgan fingerprint density at radius 3 is 2.45 bits per heavy atom. The number of thiazole rings is 1. The van der Waals surface area contributed by atoms with Crippen molar-refractivity contribution in [2.45, 2.75) is 11.1 Å². The second-order valence-corrected chi connectivity index (χ2v) is 7.57. The van der Waals surface area contributed by atoms with Crippen molar-refractivity contribution < 1.29 is 13.2 Å². The predicted octanol–water partition coefficient (Wildman–Crippen LogP) is 2.11. The van der Waals surface area contributed by atoms with Crippen LogP contribution in [0.25, 0.3) is 0 Å². The number of aromatic nitrogens is 1. The number of amides is 1. The number of halogens is 1. The zero-order valence-electron chi connectivity index (χ0n) is 10.3. The largest absolute Gasteiger partial charge is 0.298 e. The maximum absolute atomic E-state index is 12.0. The maximum Gasteiger partial charge on any atom is 0.257 e. The molecule has 0 bridgehead atoms. The van der Waals surface area contributed by atoms with Crippen molar-refractivity contribution in [3.8, 4) is 0 Å². The Bertz CT molecular complexity index is 754. The number of hydrogen-bond donors (Lipinski definition) is 2. The molecule has 1 heterocycles. The van der Waals surface area contributed by atoms with Crippen LogP contribution in [0.15, 0.2) is 32.9 Å². The number of carbonyl (C=O) groups is 1. The lowest BCUT2D eigenvalue weighted by molar-refractivity contribution is 0.102. The number of rotatable bonds is 3. The van der Waals surface area contributed by atoms with Crippen LogP contribution in [0.5, 0.6) is 0 Å². The van der Waals surface area contributed by atoms with Gasteiger partial charge in [0.2, 0.25) is 10.0 Å². The van der Waals surface area contributed by atoms with Crippen LogP contribution in [0.3, 0.4) is 0 Å². The summed E-state index contributed by atoms with van der Waals surface area (Å²) in [5.41, 5.74) is 0.710. The fourth-order valence-corrected chi connectivity index (χ4v) is 3.59. The molecule has 2 aromatic rings. The van der Waals surface area contributed by atoms with Crippen molar-refractivity contribution in [3.05, 3.63) is 40.0 Å². The fraction of sp³-hybridized carbons (Fsp3) is 0.0909. The monoisotopic (exact) mass is 375 g/mol. The molecule has 0 saturated carbocycles. The van der Waals surface area contributed by atoms with E-state index in [1.807, 2.05) is 0 Å². The van der Waals surface area contributed by atoms with E-state index < -0.39 is 10.0 Å². The number of carbonyl (C=O) groups excluding carboxylic acids is 1. The van der Waals surface area contributed by atoms with E-state index in [0.29, 0.717) is 5.56 Å². The Kier molecular flexibility index (Phi) is 4.23. The molecule has 0 spiro atoms. The van der Waals surface area contributed by atoms with Gasteiger partial charge in [0.25, 0.3) is 5.91 Å². The molecule has 0 aliphatic carbocycles. The van der Waals surface area contributed by atoms with Crippen LogP contribution >= 0.6 is 27.3 Å². The van der Waals surface area contributed by atoms with Gasteiger partial charge in [-0.3, -0.25) is 10.1 Å². The highest BCUT2D eigenvalue weighted by Gasteiger charge is 2.19. The highest BCUT2D eigenvalue weighted by molar-refractivity contribution is 9.10. The summed E-state index contributed by atoms with van der Waals surface area (Å²) in [4.78, 5) is 15.9. The van der Waals surface area contributed by atoms with Gasteiger partial charge in [-0.05, 0) is 31.2 Å². The molecule has 0 radical (unpaired) electrons. The molecule has 0 fully saturated rings. The first-order valence-electron chi connectivity index (χ1n) is 5.34. The van der Waals surface area contributed by atoms with Crippen molar-refractivity contribution in [1.82, 2.24) is 4.98 Å². The lowest BCUT2D eigenvalue weighted by Crippen LogP contribution is -2.11. The third kappa shape index (κ3) is 3.42. The summed E-state index contributed by atoms with van der Waals surface area (Å²) < 4.78 is 23.4. The Morgan fingerprint density at radius 1 is 1.35 bits per heavy atom. The lowest BCUT2D eigenvalue weighted by Gasteiger charge is -2.01. The predicted molar refractivity (Wildman–Crippen MR) is 80.3 cm³/mol. The van der Waals surface area contributed by atoms with Crippen LogP contribution in [0.1, 0.15) is 16.1 Å². The van der Waals surface area contributed by atoms with Crippen LogP contribution in [0.4, 0.5) is 5.13 Å². The van der Waals surface area contributed by atoms with Crippen LogP contribution in [0.2, 0.25) is 0 Å². The van der Waals surface area contributed by atoms with Gasteiger partial charge < -0.3 is 0 Å². The number of anilines is 1. The summed E-state index contributed by atoms with van der Waals surface area (Å²) in [7, 11) is -3.82. The number of hydrogen-bond acceptors (Lipinski definition) is 5. The molecule has 1 amide bonds. The summed E-state index contributed by atoms with van der Waals surface area (Å²) >= 11 is 4.10. The highest BCUT2D eigenvalue weighted by Crippen LogP contribution is 2.26. The van der Waals surface area contributed by atoms with Crippen LogP contribution in [-0.4, -0.2) is 19.3 Å². The quantitative estimate of drug-likeness (QED) is 0.857. The number of primary sulfonamides is 1. The molecule has 6 nitrogen and oxygen atoms in total. The Balaban J connectivity index is 2.23. The minimum atomic E-state index is -3.82. The summed E-state index contributed by atoms with van der Waals surface area (Å²) in [5.74, 6) is -0.368. The summed E-state index contributed by atoms with van der Waals surface area (Å²) in [6.45, 7) is 1.52. The Labute approximate surface area is 128 Å². The van der Waals surface area contributed by atoms with Crippen molar-refractivity contribution in [1.29, 1.82) is 0 Å². The molecule has 0 atom stereocenters. The second kappa shape index (κ2) is 5.60. The van der Waals surface area contributed by atoms with E-state index in [1.165, 1.54) is 6.92 Å². The van der Waals surface area contributed by atoms with Gasteiger partial charge in [0, 0.05) is 10.0 Å². The van der Waals surface area contributed by atoms with Gasteiger partial charge in [-0.2, -0.15) is 0 Å². The topological polar surface area (TPSA) is 102 Å². The molecule has 20 heavy (non-hydrogen) atoms. The molecule has 9 heteroatoms. The van der Waals surface area contributed by atoms with E-state index in [1.54, 1.807) is 24.3 Å². The molecular formula is C11H10BrN3O3S2. The molecule has 0 saturated heterocycles. The number of nitrogens with two attached hydrogens (primary N) is 1. The van der Waals surface area contributed by atoms with Gasteiger partial charge in [-0.1, -0.05) is 27.3 Å². The Hall–Kier alpha value is -1.29. The molecule has 0 unspecified atom stereocenters. The summed E-state index contributed by atoms with van der Waals surface area (Å²) in [6, 6.07) is 6.75. The van der Waals surface area contributed by atoms with E-state index in [0.717, 1.165) is 15.8 Å². The molecule has 1 aromatic heterocycles. The van der Waals surface area contributed by atoms with Crippen molar-refractivity contribution in [2.75, 3.05) is 5.32 Å². The first kappa shape index (κ1) is 15.1. The normalized spacial score (nSPS) is 11.3. The average Bonchev–Trinajstić information content (AvgIpc) is 2.70. The maximum atomic E-state index is 12.0. The smallest absolute Gasteiger partial charge is 0.257 e. The average molecular weight is 376 g/mol. The number of aryl methyl sites for hydroxylation is 1. The molecule has 3 N–H and O–H groups in total. The van der Waals surface area contributed by atoms with Crippen molar-refractivity contribution in [3.63, 3.8) is 0 Å². The van der Waals surface area contributed by atoms with Crippen LogP contribution < -0.4 is 10.5 Å². The van der Waals surface area contributed by atoms with E-state index in [-0.39, 0.29) is 20.9 Å².